The second-order valence-electron chi connectivity index (χ2n) is 7.33. The molecule has 1 saturated heterocycles. The lowest BCUT2D eigenvalue weighted by Gasteiger charge is -2.37. The molecule has 1 fully saturated rings. The van der Waals surface area contributed by atoms with Crippen molar-refractivity contribution in [2.45, 2.75) is 52.5 Å². The second kappa shape index (κ2) is 9.58. The van der Waals surface area contributed by atoms with Crippen LogP contribution in [0, 0.1) is 0 Å². The predicted molar refractivity (Wildman–Crippen MR) is 117 cm³/mol. The summed E-state index contributed by atoms with van der Waals surface area (Å²) in [4.78, 5) is 21.7. The van der Waals surface area contributed by atoms with Gasteiger partial charge < -0.3 is 15.1 Å². The molecule has 1 N–H and O–H groups in total. The molecule has 1 atom stereocenters. The number of nitrogens with one attached hydrogen (secondary N) is 1. The van der Waals surface area contributed by atoms with Gasteiger partial charge >= 0.3 is 0 Å². The van der Waals surface area contributed by atoms with Crippen molar-refractivity contribution in [2.24, 2.45) is 0 Å². The summed E-state index contributed by atoms with van der Waals surface area (Å²) >= 11 is 0. The van der Waals surface area contributed by atoms with E-state index >= 15 is 0 Å². The molecule has 150 valence electrons. The number of pyridine rings is 1. The highest BCUT2D eigenvalue weighted by molar-refractivity contribution is 6.03. The zero-order chi connectivity index (χ0) is 19.9. The molecule has 1 aromatic heterocycles. The van der Waals surface area contributed by atoms with Crippen LogP contribution in [0.15, 0.2) is 42.6 Å². The van der Waals surface area contributed by atoms with Gasteiger partial charge in [-0.25, -0.2) is 4.98 Å². The Bertz CT molecular complexity index is 753. The van der Waals surface area contributed by atoms with Gasteiger partial charge in [-0.2, -0.15) is 0 Å². The Labute approximate surface area is 168 Å². The van der Waals surface area contributed by atoms with Crippen LogP contribution in [0.5, 0.6) is 0 Å². The molecule has 0 spiro atoms. The molecule has 0 radical (unpaired) electrons. The van der Waals surface area contributed by atoms with Crippen LogP contribution >= 0.6 is 0 Å². The first kappa shape index (κ1) is 20.2. The topological polar surface area (TPSA) is 48.5 Å². The smallest absolute Gasteiger partial charge is 0.274 e. The SMILES string of the molecule is CCC1CCCCN1c1ccc(C(=O)Nc2ccc(N(CC)CC)cc2)nc1. The number of carbonyl (C=O) groups excluding carboxylic acids is 1. The first-order valence-electron chi connectivity index (χ1n) is 10.5. The van der Waals surface area contributed by atoms with Crippen molar-refractivity contribution in [2.75, 3.05) is 34.8 Å². The predicted octanol–water partition coefficient (Wildman–Crippen LogP) is 4.95. The van der Waals surface area contributed by atoms with Crippen LogP contribution in [0.3, 0.4) is 0 Å². The molecule has 5 nitrogen and oxygen atoms in total. The number of aromatic nitrogens is 1. The van der Waals surface area contributed by atoms with Gasteiger partial charge in [0.2, 0.25) is 0 Å². The molecule has 1 amide bonds. The Morgan fingerprint density at radius 3 is 2.46 bits per heavy atom. The number of piperidine rings is 1. The van der Waals surface area contributed by atoms with E-state index in [4.69, 9.17) is 0 Å². The van der Waals surface area contributed by atoms with E-state index in [9.17, 15) is 4.79 Å². The number of carbonyl (C=O) groups is 1. The van der Waals surface area contributed by atoms with Gasteiger partial charge in [-0.05, 0) is 75.9 Å². The molecule has 1 aliphatic heterocycles. The second-order valence-corrected chi connectivity index (χ2v) is 7.33. The van der Waals surface area contributed by atoms with Crippen LogP contribution in [0.4, 0.5) is 17.1 Å². The minimum atomic E-state index is -0.173. The third kappa shape index (κ3) is 4.64. The molecule has 5 heteroatoms. The Balaban J connectivity index is 1.64. The van der Waals surface area contributed by atoms with Crippen LogP contribution < -0.4 is 15.1 Å². The monoisotopic (exact) mass is 380 g/mol. The maximum Gasteiger partial charge on any atom is 0.274 e. The standard InChI is InChI=1S/C23H32N4O/c1-4-19-9-7-8-16-27(19)21-14-15-22(24-17-21)23(28)25-18-10-12-20(13-11-18)26(5-2)6-3/h10-15,17,19H,4-9,16H2,1-3H3,(H,25,28). The number of amides is 1. The molecule has 0 bridgehead atoms. The van der Waals surface area contributed by atoms with Crippen molar-refractivity contribution in [3.8, 4) is 0 Å². The summed E-state index contributed by atoms with van der Waals surface area (Å²) in [7, 11) is 0. The lowest BCUT2D eigenvalue weighted by molar-refractivity contribution is 0.102. The van der Waals surface area contributed by atoms with Crippen molar-refractivity contribution in [3.63, 3.8) is 0 Å². The van der Waals surface area contributed by atoms with Crippen LogP contribution in [0.1, 0.15) is 56.9 Å². The van der Waals surface area contributed by atoms with E-state index in [1.54, 1.807) is 0 Å². The Morgan fingerprint density at radius 1 is 1.11 bits per heavy atom. The number of hydrogen-bond acceptors (Lipinski definition) is 4. The summed E-state index contributed by atoms with van der Waals surface area (Å²) < 4.78 is 0. The normalized spacial score (nSPS) is 16.7. The Morgan fingerprint density at radius 2 is 1.86 bits per heavy atom. The van der Waals surface area contributed by atoms with Crippen molar-refractivity contribution < 1.29 is 4.79 Å². The van der Waals surface area contributed by atoms with E-state index in [1.165, 1.54) is 19.3 Å². The van der Waals surface area contributed by atoms with E-state index in [-0.39, 0.29) is 5.91 Å². The van der Waals surface area contributed by atoms with Crippen LogP contribution in [0.2, 0.25) is 0 Å². The van der Waals surface area contributed by atoms with E-state index in [0.29, 0.717) is 11.7 Å². The molecule has 2 heterocycles. The van der Waals surface area contributed by atoms with Crippen LogP contribution in [-0.2, 0) is 0 Å². The fourth-order valence-electron chi connectivity index (χ4n) is 3.99. The summed E-state index contributed by atoms with van der Waals surface area (Å²) in [5, 5.41) is 2.95. The summed E-state index contributed by atoms with van der Waals surface area (Å²) in [5.74, 6) is -0.173. The molecule has 0 saturated carbocycles. The summed E-state index contributed by atoms with van der Waals surface area (Å²) in [6, 6.07) is 12.4. The third-order valence-electron chi connectivity index (χ3n) is 5.66. The molecule has 2 aromatic rings. The van der Waals surface area contributed by atoms with E-state index in [1.807, 2.05) is 42.6 Å². The maximum absolute atomic E-state index is 12.6. The fourth-order valence-corrected chi connectivity index (χ4v) is 3.99. The Hall–Kier alpha value is -2.56. The summed E-state index contributed by atoms with van der Waals surface area (Å²) in [5.41, 5.74) is 3.51. The maximum atomic E-state index is 12.6. The van der Waals surface area contributed by atoms with E-state index < -0.39 is 0 Å². The van der Waals surface area contributed by atoms with Crippen molar-refractivity contribution >= 4 is 23.0 Å². The zero-order valence-electron chi connectivity index (χ0n) is 17.3. The average molecular weight is 381 g/mol. The Kier molecular flexibility index (Phi) is 6.90. The third-order valence-corrected chi connectivity index (χ3v) is 5.66. The highest BCUT2D eigenvalue weighted by atomic mass is 16.1. The van der Waals surface area contributed by atoms with Gasteiger partial charge in [0.1, 0.15) is 5.69 Å². The molecule has 1 aliphatic rings. The zero-order valence-corrected chi connectivity index (χ0v) is 17.3. The first-order valence-corrected chi connectivity index (χ1v) is 10.5. The van der Waals surface area contributed by atoms with Gasteiger partial charge in [0, 0.05) is 37.1 Å². The minimum absolute atomic E-state index is 0.173. The van der Waals surface area contributed by atoms with Gasteiger partial charge in [-0.1, -0.05) is 6.92 Å². The summed E-state index contributed by atoms with van der Waals surface area (Å²) in [6.45, 7) is 9.53. The fraction of sp³-hybridized carbons (Fsp3) is 0.478. The molecule has 1 unspecified atom stereocenters. The number of rotatable bonds is 7. The van der Waals surface area contributed by atoms with E-state index in [0.717, 1.165) is 43.1 Å². The number of anilines is 3. The molecule has 3 rings (SSSR count). The quantitative estimate of drug-likeness (QED) is 0.738. The lowest BCUT2D eigenvalue weighted by atomic mass is 9.99. The molecule has 1 aromatic carbocycles. The van der Waals surface area contributed by atoms with Gasteiger partial charge in [0.05, 0.1) is 11.9 Å². The number of hydrogen-bond donors (Lipinski definition) is 1. The highest BCUT2D eigenvalue weighted by Gasteiger charge is 2.21. The lowest BCUT2D eigenvalue weighted by Crippen LogP contribution is -2.39. The molecule has 0 aliphatic carbocycles. The van der Waals surface area contributed by atoms with Gasteiger partial charge in [-0.15, -0.1) is 0 Å². The van der Waals surface area contributed by atoms with Crippen molar-refractivity contribution in [1.82, 2.24) is 4.98 Å². The van der Waals surface area contributed by atoms with Crippen molar-refractivity contribution in [1.29, 1.82) is 0 Å². The van der Waals surface area contributed by atoms with E-state index in [2.05, 4.69) is 40.9 Å². The van der Waals surface area contributed by atoms with Gasteiger partial charge in [0.15, 0.2) is 0 Å². The average Bonchev–Trinajstić information content (AvgIpc) is 2.76. The largest absolute Gasteiger partial charge is 0.372 e. The molecule has 28 heavy (non-hydrogen) atoms. The molecular formula is C23H32N4O. The van der Waals surface area contributed by atoms with Crippen LogP contribution in [0.25, 0.3) is 0 Å². The van der Waals surface area contributed by atoms with Gasteiger partial charge in [-0.3, -0.25) is 4.79 Å². The first-order chi connectivity index (χ1) is 13.7. The van der Waals surface area contributed by atoms with Crippen LogP contribution in [-0.4, -0.2) is 36.6 Å². The van der Waals surface area contributed by atoms with Crippen molar-refractivity contribution in [3.05, 3.63) is 48.3 Å². The summed E-state index contributed by atoms with van der Waals surface area (Å²) in [6.07, 6.45) is 6.75. The minimum Gasteiger partial charge on any atom is -0.372 e. The number of benzene rings is 1. The van der Waals surface area contributed by atoms with Gasteiger partial charge in [0.25, 0.3) is 5.91 Å². The number of nitrogens with zero attached hydrogens (tertiary/aromatic N) is 3. The molecular weight excluding hydrogens is 348 g/mol. The highest BCUT2D eigenvalue weighted by Crippen LogP contribution is 2.26.